The van der Waals surface area contributed by atoms with E-state index in [9.17, 15) is 4.79 Å². The molecule has 0 amide bonds. The van der Waals surface area contributed by atoms with E-state index in [-0.39, 0.29) is 5.78 Å². The maximum absolute atomic E-state index is 11.6. The molecule has 0 aliphatic rings. The third-order valence-electron chi connectivity index (χ3n) is 3.08. The maximum atomic E-state index is 11.6. The zero-order valence-corrected chi connectivity index (χ0v) is 13.1. The van der Waals surface area contributed by atoms with Crippen LogP contribution in [-0.2, 0) is 0 Å². The second-order valence-corrected chi connectivity index (χ2v) is 5.12. The van der Waals surface area contributed by atoms with Gasteiger partial charge in [0.1, 0.15) is 24.7 Å². The van der Waals surface area contributed by atoms with Gasteiger partial charge in [-0.1, -0.05) is 18.5 Å². The number of anilines is 1. The van der Waals surface area contributed by atoms with Crippen molar-refractivity contribution < 1.29 is 14.3 Å². The first-order valence-electron chi connectivity index (χ1n) is 7.04. The summed E-state index contributed by atoms with van der Waals surface area (Å²) in [5.74, 6) is 1.33. The average Bonchev–Trinajstić information content (AvgIpc) is 2.53. The molecule has 0 aliphatic carbocycles. The fraction of sp³-hybridized carbons (Fsp3) is 0.235. The largest absolute Gasteiger partial charge is 0.490 e. The third kappa shape index (κ3) is 4.40. The number of carbonyl (C=O) groups excluding carboxylic acids is 1. The molecule has 0 aliphatic heterocycles. The Labute approximate surface area is 134 Å². The standard InChI is InChI=1S/C17H18ClNO3/c1-2-16(20)12-3-8-17(15(19)11-12)22-10-9-21-14-6-4-13(18)5-7-14/h3-8,11H,2,9-10,19H2,1H3. The lowest BCUT2D eigenvalue weighted by molar-refractivity contribution is 0.0988. The van der Waals surface area contributed by atoms with Crippen molar-refractivity contribution in [2.75, 3.05) is 18.9 Å². The third-order valence-corrected chi connectivity index (χ3v) is 3.33. The number of halogens is 1. The van der Waals surface area contributed by atoms with Crippen molar-refractivity contribution >= 4 is 23.1 Å². The van der Waals surface area contributed by atoms with Crippen molar-refractivity contribution in [1.29, 1.82) is 0 Å². The molecule has 0 radical (unpaired) electrons. The Hall–Kier alpha value is -2.20. The highest BCUT2D eigenvalue weighted by molar-refractivity contribution is 6.30. The van der Waals surface area contributed by atoms with Gasteiger partial charge in [-0.3, -0.25) is 4.79 Å². The number of Topliss-reactive ketones (excluding diaryl/α,β-unsaturated/α-hetero) is 1. The fourth-order valence-electron chi connectivity index (χ4n) is 1.90. The average molecular weight is 320 g/mol. The van der Waals surface area contributed by atoms with Crippen molar-refractivity contribution in [3.8, 4) is 11.5 Å². The van der Waals surface area contributed by atoms with Crippen molar-refractivity contribution in [2.45, 2.75) is 13.3 Å². The maximum Gasteiger partial charge on any atom is 0.162 e. The van der Waals surface area contributed by atoms with Gasteiger partial charge in [-0.25, -0.2) is 0 Å². The Morgan fingerprint density at radius 3 is 2.41 bits per heavy atom. The quantitative estimate of drug-likeness (QED) is 0.476. The van der Waals surface area contributed by atoms with Gasteiger partial charge in [0.2, 0.25) is 0 Å². The zero-order valence-electron chi connectivity index (χ0n) is 12.3. The number of rotatable bonds is 7. The molecule has 2 N–H and O–H groups in total. The van der Waals surface area contributed by atoms with Crippen molar-refractivity contribution in [1.82, 2.24) is 0 Å². The summed E-state index contributed by atoms with van der Waals surface area (Å²) in [6.45, 7) is 2.56. The number of ether oxygens (including phenoxy) is 2. The normalized spacial score (nSPS) is 10.3. The summed E-state index contributed by atoms with van der Waals surface area (Å²) in [5.41, 5.74) is 6.94. The Kier molecular flexibility index (Phi) is 5.67. The molecule has 0 aromatic heterocycles. The second-order valence-electron chi connectivity index (χ2n) is 4.68. The van der Waals surface area contributed by atoms with E-state index in [0.29, 0.717) is 41.7 Å². The molecule has 2 aromatic carbocycles. The number of hydrogen-bond donors (Lipinski definition) is 1. The lowest BCUT2D eigenvalue weighted by Crippen LogP contribution is -2.10. The highest BCUT2D eigenvalue weighted by Gasteiger charge is 2.07. The van der Waals surface area contributed by atoms with Gasteiger partial charge in [0.05, 0.1) is 5.69 Å². The Morgan fingerprint density at radius 2 is 1.77 bits per heavy atom. The minimum absolute atomic E-state index is 0.0596. The lowest BCUT2D eigenvalue weighted by atomic mass is 10.1. The highest BCUT2D eigenvalue weighted by atomic mass is 35.5. The Balaban J connectivity index is 1.84. The molecule has 0 saturated heterocycles. The van der Waals surface area contributed by atoms with Crippen LogP contribution in [0.2, 0.25) is 5.02 Å². The van der Waals surface area contributed by atoms with Crippen LogP contribution in [0.4, 0.5) is 5.69 Å². The van der Waals surface area contributed by atoms with Gasteiger partial charge >= 0.3 is 0 Å². The van der Waals surface area contributed by atoms with E-state index in [2.05, 4.69) is 0 Å². The van der Waals surface area contributed by atoms with Gasteiger partial charge < -0.3 is 15.2 Å². The van der Waals surface area contributed by atoms with Crippen LogP contribution in [0.3, 0.4) is 0 Å². The van der Waals surface area contributed by atoms with Crippen molar-refractivity contribution in [2.24, 2.45) is 0 Å². The van der Waals surface area contributed by atoms with Crippen molar-refractivity contribution in [3.05, 3.63) is 53.1 Å². The van der Waals surface area contributed by atoms with Crippen LogP contribution in [0.5, 0.6) is 11.5 Å². The smallest absolute Gasteiger partial charge is 0.162 e. The molecule has 0 unspecified atom stereocenters. The van der Waals surface area contributed by atoms with Crippen LogP contribution in [-0.4, -0.2) is 19.0 Å². The van der Waals surface area contributed by atoms with E-state index >= 15 is 0 Å². The number of benzene rings is 2. The summed E-state index contributed by atoms with van der Waals surface area (Å²) in [6, 6.07) is 12.2. The monoisotopic (exact) mass is 319 g/mol. The van der Waals surface area contributed by atoms with Gasteiger partial charge in [0.15, 0.2) is 5.78 Å². The molecule has 0 fully saturated rings. The lowest BCUT2D eigenvalue weighted by Gasteiger charge is -2.11. The summed E-state index contributed by atoms with van der Waals surface area (Å²) in [6.07, 6.45) is 0.453. The van der Waals surface area contributed by atoms with E-state index in [0.717, 1.165) is 5.75 Å². The summed E-state index contributed by atoms with van der Waals surface area (Å²) >= 11 is 5.80. The van der Waals surface area contributed by atoms with Crippen molar-refractivity contribution in [3.63, 3.8) is 0 Å². The molecule has 0 atom stereocenters. The predicted molar refractivity (Wildman–Crippen MR) is 87.9 cm³/mol. The second kappa shape index (κ2) is 7.71. The minimum atomic E-state index is 0.0596. The Bertz CT molecular complexity index is 641. The highest BCUT2D eigenvalue weighted by Crippen LogP contribution is 2.23. The van der Waals surface area contributed by atoms with Crippen LogP contribution in [0, 0.1) is 0 Å². The van der Waals surface area contributed by atoms with E-state index in [1.54, 1.807) is 42.5 Å². The fourth-order valence-corrected chi connectivity index (χ4v) is 2.03. The van der Waals surface area contributed by atoms with E-state index in [4.69, 9.17) is 26.8 Å². The zero-order chi connectivity index (χ0) is 15.9. The van der Waals surface area contributed by atoms with Crippen LogP contribution in [0.1, 0.15) is 23.7 Å². The molecule has 0 saturated carbocycles. The molecule has 22 heavy (non-hydrogen) atoms. The van der Waals surface area contributed by atoms with Gasteiger partial charge in [-0.2, -0.15) is 0 Å². The molecule has 0 spiro atoms. The summed E-state index contributed by atoms with van der Waals surface area (Å²) in [5, 5.41) is 0.665. The number of nitrogens with two attached hydrogens (primary N) is 1. The number of hydrogen-bond acceptors (Lipinski definition) is 4. The van der Waals surface area contributed by atoms with Crippen LogP contribution < -0.4 is 15.2 Å². The molecular formula is C17H18ClNO3. The first-order chi connectivity index (χ1) is 10.6. The van der Waals surface area contributed by atoms with Crippen LogP contribution in [0.25, 0.3) is 0 Å². The molecule has 0 heterocycles. The number of carbonyl (C=O) groups is 1. The van der Waals surface area contributed by atoms with Crippen LogP contribution in [0.15, 0.2) is 42.5 Å². The van der Waals surface area contributed by atoms with Gasteiger partial charge in [-0.05, 0) is 42.5 Å². The van der Waals surface area contributed by atoms with Crippen LogP contribution >= 0.6 is 11.6 Å². The molecule has 5 heteroatoms. The van der Waals surface area contributed by atoms with Gasteiger partial charge in [0, 0.05) is 17.0 Å². The minimum Gasteiger partial charge on any atom is -0.490 e. The molecule has 2 aromatic rings. The molecule has 2 rings (SSSR count). The topological polar surface area (TPSA) is 61.5 Å². The molecule has 0 bridgehead atoms. The summed E-state index contributed by atoms with van der Waals surface area (Å²) in [4.78, 5) is 11.6. The summed E-state index contributed by atoms with van der Waals surface area (Å²) < 4.78 is 11.1. The molecular weight excluding hydrogens is 302 g/mol. The van der Waals surface area contributed by atoms with E-state index in [1.165, 1.54) is 0 Å². The van der Waals surface area contributed by atoms with Gasteiger partial charge in [0.25, 0.3) is 0 Å². The first-order valence-corrected chi connectivity index (χ1v) is 7.42. The Morgan fingerprint density at radius 1 is 1.09 bits per heavy atom. The predicted octanol–water partition coefficient (Wildman–Crippen LogP) is 3.97. The molecule has 4 nitrogen and oxygen atoms in total. The SMILES string of the molecule is CCC(=O)c1ccc(OCCOc2ccc(Cl)cc2)c(N)c1. The van der Waals surface area contributed by atoms with E-state index < -0.39 is 0 Å². The van der Waals surface area contributed by atoms with E-state index in [1.807, 2.05) is 6.92 Å². The number of ketones is 1. The summed E-state index contributed by atoms with van der Waals surface area (Å²) in [7, 11) is 0. The number of nitrogen functional groups attached to an aromatic ring is 1. The van der Waals surface area contributed by atoms with Gasteiger partial charge in [-0.15, -0.1) is 0 Å². The first kappa shape index (κ1) is 16.2. The molecule has 116 valence electrons.